The Hall–Kier alpha value is -3.99. The molecule has 0 aliphatic heterocycles. The lowest BCUT2D eigenvalue weighted by Crippen LogP contribution is -1.87. The Bertz CT molecular complexity index is 1250. The number of aromatic nitrogens is 2. The molecule has 3 aromatic carbocycles. The summed E-state index contributed by atoms with van der Waals surface area (Å²) in [6.07, 6.45) is 0. The lowest BCUT2D eigenvalue weighted by atomic mass is 10.2. The number of benzene rings is 3. The molecule has 0 aliphatic carbocycles. The van der Waals surface area contributed by atoms with Crippen molar-refractivity contribution < 1.29 is 24.8 Å². The molecule has 0 fully saturated rings. The van der Waals surface area contributed by atoms with Crippen LogP contribution in [0.1, 0.15) is 0 Å². The van der Waals surface area contributed by atoms with Crippen molar-refractivity contribution in [1.29, 1.82) is 0 Å². The normalized spacial score (nSPS) is 9.59. The van der Waals surface area contributed by atoms with E-state index in [0.717, 1.165) is 10.8 Å². The largest absolute Gasteiger partial charge is 0.508 e. The third-order valence-corrected chi connectivity index (χ3v) is 4.52. The van der Waals surface area contributed by atoms with Crippen LogP contribution in [0.4, 0.5) is 0 Å². The molecular formula is C26H27AlN2O5. The molecule has 0 saturated carbocycles. The summed E-state index contributed by atoms with van der Waals surface area (Å²) in [5, 5.41) is 29.4. The molecule has 0 atom stereocenters. The van der Waals surface area contributed by atoms with E-state index in [-0.39, 0.29) is 28.9 Å². The predicted octanol–water partition coefficient (Wildman–Crippen LogP) is 4.11. The zero-order valence-corrected chi connectivity index (χ0v) is 18.2. The second kappa shape index (κ2) is 12.9. The molecule has 0 bridgehead atoms. The standard InChI is InChI=1S/2C10H9NO2.C6H6O.Al.3H/c2*1-13-9-6-5-7-3-2-4-8(12)10(7)11-9;7-6-4-2-1-3-5-6;;;;/h2*2-6,12H,1H3;1-5,7H;;;;. The summed E-state index contributed by atoms with van der Waals surface area (Å²) in [5.41, 5.74) is 1.14. The van der Waals surface area contributed by atoms with Gasteiger partial charge in [0.15, 0.2) is 17.4 Å². The van der Waals surface area contributed by atoms with Crippen LogP contribution in [0, 0.1) is 0 Å². The number of pyridine rings is 2. The Balaban J connectivity index is 0.000000186. The number of rotatable bonds is 2. The maximum Gasteiger partial charge on any atom is 0.213 e. The van der Waals surface area contributed by atoms with Gasteiger partial charge in [0, 0.05) is 22.9 Å². The molecule has 174 valence electrons. The first-order valence-electron chi connectivity index (χ1n) is 10.0. The second-order valence-corrected chi connectivity index (χ2v) is 6.74. The molecule has 0 amide bonds. The van der Waals surface area contributed by atoms with Crippen LogP contribution in [0.3, 0.4) is 0 Å². The van der Waals surface area contributed by atoms with Gasteiger partial charge in [0.05, 0.1) is 14.2 Å². The minimum atomic E-state index is 0. The first kappa shape index (κ1) is 26.3. The molecule has 2 heterocycles. The zero-order chi connectivity index (χ0) is 23.6. The smallest absolute Gasteiger partial charge is 0.213 e. The lowest BCUT2D eigenvalue weighted by molar-refractivity contribution is 0.398. The van der Waals surface area contributed by atoms with Crippen molar-refractivity contribution in [2.45, 2.75) is 0 Å². The molecule has 3 N–H and O–H groups in total. The van der Waals surface area contributed by atoms with Crippen LogP contribution >= 0.6 is 0 Å². The van der Waals surface area contributed by atoms with Crippen LogP contribution < -0.4 is 9.47 Å². The van der Waals surface area contributed by atoms with Gasteiger partial charge in [-0.25, -0.2) is 9.97 Å². The van der Waals surface area contributed by atoms with E-state index >= 15 is 0 Å². The van der Waals surface area contributed by atoms with Crippen LogP contribution in [-0.2, 0) is 0 Å². The van der Waals surface area contributed by atoms with Gasteiger partial charge in [-0.3, -0.25) is 0 Å². The highest BCUT2D eigenvalue weighted by molar-refractivity contribution is 5.85. The number of ether oxygens (including phenoxy) is 2. The first-order valence-corrected chi connectivity index (χ1v) is 10.0. The molecule has 5 aromatic rings. The number of aromatic hydroxyl groups is 3. The molecule has 8 heteroatoms. The fraction of sp³-hybridized carbons (Fsp3) is 0.0769. The van der Waals surface area contributed by atoms with E-state index in [4.69, 9.17) is 14.6 Å². The number of hydrogen-bond acceptors (Lipinski definition) is 7. The maximum absolute atomic E-state index is 9.47. The highest BCUT2D eigenvalue weighted by Crippen LogP contribution is 2.25. The summed E-state index contributed by atoms with van der Waals surface area (Å²) in [7, 11) is 3.10. The number of phenols is 3. The summed E-state index contributed by atoms with van der Waals surface area (Å²) >= 11 is 0. The fourth-order valence-electron chi connectivity index (χ4n) is 2.88. The van der Waals surface area contributed by atoms with E-state index in [1.165, 1.54) is 0 Å². The van der Waals surface area contributed by atoms with E-state index in [1.807, 2.05) is 30.3 Å². The van der Waals surface area contributed by atoms with Crippen molar-refractivity contribution in [3.8, 4) is 29.0 Å². The molecule has 2 aromatic heterocycles. The zero-order valence-electron chi connectivity index (χ0n) is 18.2. The lowest BCUT2D eigenvalue weighted by Gasteiger charge is -2.02. The van der Waals surface area contributed by atoms with Gasteiger partial charge >= 0.3 is 0 Å². The summed E-state index contributed by atoms with van der Waals surface area (Å²) in [6.45, 7) is 0. The van der Waals surface area contributed by atoms with Gasteiger partial charge in [-0.2, -0.15) is 0 Å². The summed E-state index contributed by atoms with van der Waals surface area (Å²) in [5.74, 6) is 1.69. The van der Waals surface area contributed by atoms with Gasteiger partial charge in [-0.05, 0) is 36.4 Å². The third-order valence-electron chi connectivity index (χ3n) is 4.52. The minimum absolute atomic E-state index is 0. The first-order chi connectivity index (χ1) is 16.0. The molecule has 5 rings (SSSR count). The van der Waals surface area contributed by atoms with E-state index < -0.39 is 0 Å². The molecule has 0 saturated heterocycles. The van der Waals surface area contributed by atoms with Crippen LogP contribution in [0.2, 0.25) is 0 Å². The average Bonchev–Trinajstić information content (AvgIpc) is 2.85. The highest BCUT2D eigenvalue weighted by Gasteiger charge is 2.02. The van der Waals surface area contributed by atoms with Crippen molar-refractivity contribution in [2.24, 2.45) is 0 Å². The summed E-state index contributed by atoms with van der Waals surface area (Å²) in [6, 6.07) is 26.5. The number of phenolic OH excluding ortho intramolecular Hbond substituents is 3. The van der Waals surface area contributed by atoms with Crippen molar-refractivity contribution >= 4 is 39.2 Å². The van der Waals surface area contributed by atoms with Crippen molar-refractivity contribution in [2.75, 3.05) is 14.2 Å². The van der Waals surface area contributed by atoms with Gasteiger partial charge in [0.2, 0.25) is 11.8 Å². The van der Waals surface area contributed by atoms with Crippen LogP contribution in [-0.4, -0.2) is 56.9 Å². The Morgan fingerprint density at radius 2 is 0.971 bits per heavy atom. The maximum atomic E-state index is 9.47. The van der Waals surface area contributed by atoms with E-state index in [2.05, 4.69) is 9.97 Å². The third kappa shape index (κ3) is 7.01. The van der Waals surface area contributed by atoms with Gasteiger partial charge in [0.25, 0.3) is 0 Å². The van der Waals surface area contributed by atoms with Gasteiger partial charge in [-0.1, -0.05) is 42.5 Å². The summed E-state index contributed by atoms with van der Waals surface area (Å²) in [4.78, 5) is 8.24. The Kier molecular flexibility index (Phi) is 9.96. The minimum Gasteiger partial charge on any atom is -0.508 e. The van der Waals surface area contributed by atoms with Crippen LogP contribution in [0.25, 0.3) is 21.8 Å². The number of para-hydroxylation sites is 3. The predicted molar refractivity (Wildman–Crippen MR) is 138 cm³/mol. The Labute approximate surface area is 208 Å². The van der Waals surface area contributed by atoms with Crippen LogP contribution in [0.15, 0.2) is 91.0 Å². The van der Waals surface area contributed by atoms with Crippen LogP contribution in [0.5, 0.6) is 29.0 Å². The van der Waals surface area contributed by atoms with Crippen molar-refractivity contribution in [1.82, 2.24) is 9.97 Å². The molecule has 0 aliphatic rings. The molecule has 0 radical (unpaired) electrons. The Morgan fingerprint density at radius 1 is 0.529 bits per heavy atom. The number of nitrogens with zero attached hydrogens (tertiary/aromatic N) is 2. The average molecular weight is 474 g/mol. The van der Waals surface area contributed by atoms with Gasteiger partial charge < -0.3 is 24.8 Å². The van der Waals surface area contributed by atoms with E-state index in [9.17, 15) is 10.2 Å². The Morgan fingerprint density at radius 3 is 1.32 bits per heavy atom. The van der Waals surface area contributed by atoms with E-state index in [0.29, 0.717) is 28.5 Å². The molecule has 0 unspecified atom stereocenters. The second-order valence-electron chi connectivity index (χ2n) is 6.74. The SMILES string of the molecule is COc1ccc2cccc(O)c2n1.COc1ccc2cccc(O)c2n1.Oc1ccccc1.[AlH3]. The monoisotopic (exact) mass is 474 g/mol. The topological polar surface area (TPSA) is 105 Å². The quantitative estimate of drug-likeness (QED) is 0.331. The highest BCUT2D eigenvalue weighted by atomic mass is 27.0. The number of fused-ring (bicyclic) bond motifs is 2. The van der Waals surface area contributed by atoms with E-state index in [1.54, 1.807) is 74.9 Å². The molecular weight excluding hydrogens is 447 g/mol. The van der Waals surface area contributed by atoms with Crippen molar-refractivity contribution in [3.63, 3.8) is 0 Å². The number of hydrogen-bond donors (Lipinski definition) is 3. The summed E-state index contributed by atoms with van der Waals surface area (Å²) < 4.78 is 9.91. The molecule has 0 spiro atoms. The van der Waals surface area contributed by atoms with Gasteiger partial charge in [-0.15, -0.1) is 0 Å². The fourth-order valence-corrected chi connectivity index (χ4v) is 2.88. The van der Waals surface area contributed by atoms with Gasteiger partial charge in [0.1, 0.15) is 28.3 Å². The number of methoxy groups -OCH3 is 2. The molecule has 34 heavy (non-hydrogen) atoms. The van der Waals surface area contributed by atoms with Crippen molar-refractivity contribution in [3.05, 3.63) is 91.0 Å². The molecule has 7 nitrogen and oxygen atoms in total.